The molecule has 0 amide bonds. The van der Waals surface area contributed by atoms with Crippen molar-refractivity contribution in [2.24, 2.45) is 0 Å². The zero-order chi connectivity index (χ0) is 13.1. The van der Waals surface area contributed by atoms with Gasteiger partial charge >= 0.3 is 5.51 Å². The molecule has 94 valence electrons. The van der Waals surface area contributed by atoms with E-state index in [1.165, 1.54) is 0 Å². The van der Waals surface area contributed by atoms with Crippen molar-refractivity contribution in [3.8, 4) is 0 Å². The Morgan fingerprint density at radius 3 is 2.53 bits per heavy atom. The number of carbonyl (C=O) groups excluding carboxylic acids is 1. The summed E-state index contributed by atoms with van der Waals surface area (Å²) >= 11 is 2.60. The second kappa shape index (κ2) is 5.86. The molecule has 7 heteroatoms. The highest BCUT2D eigenvalue weighted by Gasteiger charge is 2.31. The minimum Gasteiger partial charge on any atom is -0.294 e. The molecule has 0 aliphatic heterocycles. The van der Waals surface area contributed by atoms with E-state index in [9.17, 15) is 22.4 Å². The SMILES string of the molecule is O=C(CCBr)c1cc(F)ccc1SC(F)(F)F. The number of hydrogen-bond acceptors (Lipinski definition) is 2. The number of rotatable bonds is 4. The molecule has 0 spiro atoms. The summed E-state index contributed by atoms with van der Waals surface area (Å²) in [6.45, 7) is 0. The fourth-order valence-electron chi connectivity index (χ4n) is 1.15. The average molecular weight is 331 g/mol. The third kappa shape index (κ3) is 4.67. The van der Waals surface area contributed by atoms with E-state index in [1.54, 1.807) is 0 Å². The van der Waals surface area contributed by atoms with Gasteiger partial charge in [-0.15, -0.1) is 0 Å². The molecule has 1 aromatic rings. The molecule has 0 saturated heterocycles. The number of hydrogen-bond donors (Lipinski definition) is 0. The summed E-state index contributed by atoms with van der Waals surface area (Å²) < 4.78 is 49.6. The van der Waals surface area contributed by atoms with Gasteiger partial charge in [0.05, 0.1) is 0 Å². The number of alkyl halides is 4. The Labute approximate surface area is 108 Å². The van der Waals surface area contributed by atoms with Crippen molar-refractivity contribution >= 4 is 33.5 Å². The zero-order valence-corrected chi connectivity index (χ0v) is 10.8. The van der Waals surface area contributed by atoms with Crippen LogP contribution in [0.15, 0.2) is 23.1 Å². The van der Waals surface area contributed by atoms with E-state index in [4.69, 9.17) is 0 Å². The number of halogens is 5. The Morgan fingerprint density at radius 2 is 2.00 bits per heavy atom. The molecule has 1 nitrogen and oxygen atoms in total. The van der Waals surface area contributed by atoms with E-state index in [-0.39, 0.29) is 16.9 Å². The largest absolute Gasteiger partial charge is 0.446 e. The molecule has 0 unspecified atom stereocenters. The highest BCUT2D eigenvalue weighted by molar-refractivity contribution is 9.09. The van der Waals surface area contributed by atoms with E-state index in [2.05, 4.69) is 15.9 Å². The van der Waals surface area contributed by atoms with Crippen LogP contribution in [0.3, 0.4) is 0 Å². The first-order valence-electron chi connectivity index (χ1n) is 4.48. The lowest BCUT2D eigenvalue weighted by atomic mass is 10.1. The molecule has 0 radical (unpaired) electrons. The minimum absolute atomic E-state index is 0.0227. The predicted octanol–water partition coefficient (Wildman–Crippen LogP) is 4.41. The van der Waals surface area contributed by atoms with Crippen LogP contribution < -0.4 is 0 Å². The van der Waals surface area contributed by atoms with Gasteiger partial charge in [-0.2, -0.15) is 13.2 Å². The molecule has 1 aromatic carbocycles. The third-order valence-electron chi connectivity index (χ3n) is 1.79. The van der Waals surface area contributed by atoms with E-state index in [1.807, 2.05) is 0 Å². The average Bonchev–Trinajstić information content (AvgIpc) is 2.19. The van der Waals surface area contributed by atoms with E-state index in [0.29, 0.717) is 5.33 Å². The molecular weight excluding hydrogens is 324 g/mol. The smallest absolute Gasteiger partial charge is 0.294 e. The lowest BCUT2D eigenvalue weighted by molar-refractivity contribution is -0.0328. The Balaban J connectivity index is 3.08. The van der Waals surface area contributed by atoms with Crippen LogP contribution >= 0.6 is 27.7 Å². The first kappa shape index (κ1) is 14.5. The number of ketones is 1. The van der Waals surface area contributed by atoms with E-state index >= 15 is 0 Å². The van der Waals surface area contributed by atoms with Crippen molar-refractivity contribution in [2.75, 3.05) is 5.33 Å². The molecule has 1 rings (SSSR count). The molecule has 0 bridgehead atoms. The van der Waals surface area contributed by atoms with Crippen molar-refractivity contribution in [3.05, 3.63) is 29.6 Å². The summed E-state index contributed by atoms with van der Waals surface area (Å²) in [5, 5.41) is 0.318. The summed E-state index contributed by atoms with van der Waals surface area (Å²) in [7, 11) is 0. The van der Waals surface area contributed by atoms with Crippen molar-refractivity contribution in [3.63, 3.8) is 0 Å². The normalized spacial score (nSPS) is 11.6. The maximum Gasteiger partial charge on any atom is 0.446 e. The van der Waals surface area contributed by atoms with Gasteiger partial charge in [0.2, 0.25) is 0 Å². The molecule has 0 aliphatic carbocycles. The van der Waals surface area contributed by atoms with Gasteiger partial charge in [0, 0.05) is 22.2 Å². The maximum atomic E-state index is 12.9. The standard InChI is InChI=1S/C10H7BrF4OS/c11-4-3-8(16)7-5-6(12)1-2-9(7)17-10(13,14)15/h1-2,5H,3-4H2. The molecule has 0 fully saturated rings. The highest BCUT2D eigenvalue weighted by Crippen LogP contribution is 2.39. The van der Waals surface area contributed by atoms with Crippen LogP contribution in [0.1, 0.15) is 16.8 Å². The van der Waals surface area contributed by atoms with Crippen LogP contribution in [0.5, 0.6) is 0 Å². The Morgan fingerprint density at radius 1 is 1.35 bits per heavy atom. The van der Waals surface area contributed by atoms with Gasteiger partial charge in [-0.1, -0.05) is 15.9 Å². The third-order valence-corrected chi connectivity index (χ3v) is 2.99. The van der Waals surface area contributed by atoms with Crippen LogP contribution in [-0.4, -0.2) is 16.6 Å². The van der Waals surface area contributed by atoms with Crippen LogP contribution in [0.4, 0.5) is 17.6 Å². The number of thioether (sulfide) groups is 1. The van der Waals surface area contributed by atoms with E-state index < -0.39 is 28.9 Å². The Bertz CT molecular complexity index is 419. The van der Waals surface area contributed by atoms with Crippen LogP contribution in [-0.2, 0) is 0 Å². The predicted molar refractivity (Wildman–Crippen MR) is 61.1 cm³/mol. The van der Waals surface area contributed by atoms with Gasteiger partial charge in [-0.3, -0.25) is 4.79 Å². The van der Waals surface area contributed by atoms with Crippen LogP contribution in [0.2, 0.25) is 0 Å². The number of carbonyl (C=O) groups is 1. The first-order chi connectivity index (χ1) is 7.83. The first-order valence-corrected chi connectivity index (χ1v) is 6.42. The Hall–Kier alpha value is -0.560. The molecule has 0 aliphatic rings. The summed E-state index contributed by atoms with van der Waals surface area (Å²) in [5.41, 5.74) is -4.73. The van der Waals surface area contributed by atoms with Gasteiger partial charge in [0.1, 0.15) is 5.82 Å². The summed E-state index contributed by atoms with van der Waals surface area (Å²) in [6, 6.07) is 2.70. The van der Waals surface area contributed by atoms with E-state index in [0.717, 1.165) is 18.2 Å². The van der Waals surface area contributed by atoms with Crippen LogP contribution in [0.25, 0.3) is 0 Å². The molecule has 0 N–H and O–H groups in total. The number of benzene rings is 1. The molecule has 0 atom stereocenters. The molecule has 0 saturated carbocycles. The fraction of sp³-hybridized carbons (Fsp3) is 0.300. The lowest BCUT2D eigenvalue weighted by Crippen LogP contribution is -2.06. The van der Waals surface area contributed by atoms with Crippen molar-refractivity contribution in [1.82, 2.24) is 0 Å². The molecule has 0 aromatic heterocycles. The summed E-state index contributed by atoms with van der Waals surface area (Å²) in [4.78, 5) is 11.3. The van der Waals surface area contributed by atoms with Gasteiger partial charge in [0.15, 0.2) is 5.78 Å². The van der Waals surface area contributed by atoms with Crippen LogP contribution in [0, 0.1) is 5.82 Å². The summed E-state index contributed by atoms with van der Waals surface area (Å²) in [5.74, 6) is -1.25. The Kier molecular flexibility index (Phi) is 5.00. The molecular formula is C10H7BrF4OS. The van der Waals surface area contributed by atoms with Gasteiger partial charge in [-0.25, -0.2) is 4.39 Å². The minimum atomic E-state index is -4.50. The number of Topliss-reactive ketones (excluding diaryl/α,β-unsaturated/α-hetero) is 1. The monoisotopic (exact) mass is 330 g/mol. The van der Waals surface area contributed by atoms with Crippen molar-refractivity contribution in [1.29, 1.82) is 0 Å². The zero-order valence-electron chi connectivity index (χ0n) is 8.35. The van der Waals surface area contributed by atoms with Gasteiger partial charge < -0.3 is 0 Å². The molecule has 17 heavy (non-hydrogen) atoms. The highest BCUT2D eigenvalue weighted by atomic mass is 79.9. The fourth-order valence-corrected chi connectivity index (χ4v) is 2.18. The maximum absolute atomic E-state index is 12.9. The molecule has 0 heterocycles. The second-order valence-electron chi connectivity index (χ2n) is 3.05. The topological polar surface area (TPSA) is 17.1 Å². The van der Waals surface area contributed by atoms with Crippen molar-refractivity contribution < 1.29 is 22.4 Å². The van der Waals surface area contributed by atoms with Gasteiger partial charge in [-0.05, 0) is 30.0 Å². The second-order valence-corrected chi connectivity index (χ2v) is 4.95. The quantitative estimate of drug-likeness (QED) is 0.352. The van der Waals surface area contributed by atoms with Crippen molar-refractivity contribution in [2.45, 2.75) is 16.8 Å². The summed E-state index contributed by atoms with van der Waals surface area (Å²) in [6.07, 6.45) is 0.0227. The lowest BCUT2D eigenvalue weighted by Gasteiger charge is -2.10. The van der Waals surface area contributed by atoms with Gasteiger partial charge in [0.25, 0.3) is 0 Å².